The van der Waals surface area contributed by atoms with E-state index in [-0.39, 0.29) is 6.17 Å². The molecule has 2 aromatic carbocycles. The van der Waals surface area contributed by atoms with Crippen LogP contribution in [0.15, 0.2) is 54.6 Å². The summed E-state index contributed by atoms with van der Waals surface area (Å²) in [6.07, 6.45) is 1.18. The van der Waals surface area contributed by atoms with Crippen LogP contribution >= 0.6 is 12.2 Å². The number of benzene rings is 2. The summed E-state index contributed by atoms with van der Waals surface area (Å²) in [5.74, 6) is 0.898. The van der Waals surface area contributed by atoms with Crippen molar-refractivity contribution in [1.82, 2.24) is 10.0 Å². The van der Waals surface area contributed by atoms with Crippen LogP contribution in [0, 0.1) is 0 Å². The second kappa shape index (κ2) is 5.83. The normalized spacial score (nSPS) is 20.9. The quantitative estimate of drug-likeness (QED) is 0.803. The summed E-state index contributed by atoms with van der Waals surface area (Å²) >= 11 is 5.79. The maximum absolute atomic E-state index is 5.79. The van der Waals surface area contributed by atoms with Crippen molar-refractivity contribution in [3.8, 4) is 5.75 Å². The van der Waals surface area contributed by atoms with Gasteiger partial charge in [-0.05, 0) is 36.8 Å². The number of methoxy groups -OCH3 is 1. The maximum Gasteiger partial charge on any atom is 0.192 e. The molecule has 0 unspecified atom stereocenters. The number of nitrogens with zero attached hydrogens (tertiary/aromatic N) is 3. The minimum Gasteiger partial charge on any atom is -0.496 e. The van der Waals surface area contributed by atoms with Crippen molar-refractivity contribution in [3.05, 3.63) is 60.2 Å². The van der Waals surface area contributed by atoms with E-state index in [1.165, 1.54) is 0 Å². The fourth-order valence-corrected chi connectivity index (χ4v) is 3.87. The fourth-order valence-electron chi connectivity index (χ4n) is 3.47. The summed E-state index contributed by atoms with van der Waals surface area (Å²) in [6.45, 7) is 1.99. The molecule has 0 aromatic heterocycles. The van der Waals surface area contributed by atoms with Gasteiger partial charge in [0.25, 0.3) is 0 Å². The molecule has 0 radical (unpaired) electrons. The molecule has 0 saturated carbocycles. The average Bonchev–Trinajstić information content (AvgIpc) is 3.18. The number of anilines is 1. The van der Waals surface area contributed by atoms with Crippen LogP contribution in [0.5, 0.6) is 5.75 Å². The van der Waals surface area contributed by atoms with Crippen LogP contribution in [0.2, 0.25) is 0 Å². The molecule has 2 fully saturated rings. The summed E-state index contributed by atoms with van der Waals surface area (Å²) in [5.41, 5.74) is 2.26. The maximum atomic E-state index is 5.79. The van der Waals surface area contributed by atoms with Crippen LogP contribution < -0.4 is 9.64 Å². The lowest BCUT2D eigenvalue weighted by atomic mass is 10.1. The number of rotatable bonds is 3. The second-order valence-electron chi connectivity index (χ2n) is 5.74. The summed E-state index contributed by atoms with van der Waals surface area (Å²) in [6, 6.07) is 18.6. The SMILES string of the molecule is COc1ccccc1[C@@H]1N(c2ccccc2)C(=S)N2CCCN12. The Hall–Kier alpha value is -2.11. The molecule has 2 aliphatic heterocycles. The second-order valence-corrected chi connectivity index (χ2v) is 6.11. The van der Waals surface area contributed by atoms with E-state index in [1.54, 1.807) is 7.11 Å². The lowest BCUT2D eigenvalue weighted by Gasteiger charge is -2.29. The van der Waals surface area contributed by atoms with E-state index >= 15 is 0 Å². The van der Waals surface area contributed by atoms with Gasteiger partial charge < -0.3 is 4.74 Å². The van der Waals surface area contributed by atoms with Crippen LogP contribution in [0.3, 0.4) is 0 Å². The molecule has 0 aliphatic carbocycles. The summed E-state index contributed by atoms with van der Waals surface area (Å²) in [4.78, 5) is 2.23. The zero-order chi connectivity index (χ0) is 15.8. The van der Waals surface area contributed by atoms with E-state index in [2.05, 4.69) is 51.3 Å². The number of hydrazine groups is 1. The van der Waals surface area contributed by atoms with Crippen molar-refractivity contribution in [2.24, 2.45) is 0 Å². The van der Waals surface area contributed by atoms with Crippen molar-refractivity contribution in [1.29, 1.82) is 0 Å². The molecule has 1 atom stereocenters. The Balaban J connectivity index is 1.84. The van der Waals surface area contributed by atoms with Gasteiger partial charge in [0.1, 0.15) is 11.9 Å². The molecule has 2 saturated heterocycles. The van der Waals surface area contributed by atoms with Crippen LogP contribution in [-0.2, 0) is 0 Å². The molecule has 2 aromatic rings. The van der Waals surface area contributed by atoms with Gasteiger partial charge in [0.2, 0.25) is 0 Å². The van der Waals surface area contributed by atoms with Crippen molar-refractivity contribution in [2.45, 2.75) is 12.6 Å². The van der Waals surface area contributed by atoms with E-state index in [1.807, 2.05) is 18.2 Å². The predicted octanol–water partition coefficient (Wildman–Crippen LogP) is 3.42. The molecule has 2 heterocycles. The van der Waals surface area contributed by atoms with Gasteiger partial charge in [0, 0.05) is 24.3 Å². The Labute approximate surface area is 141 Å². The highest BCUT2D eigenvalue weighted by Crippen LogP contribution is 2.43. The van der Waals surface area contributed by atoms with E-state index in [4.69, 9.17) is 17.0 Å². The number of fused-ring (bicyclic) bond motifs is 1. The standard InChI is InChI=1S/C18H19N3OS/c1-22-16-11-6-5-10-15(16)17-19-12-7-13-20(19)18(23)21(17)14-8-3-2-4-9-14/h2-6,8-11,17H,7,12-13H2,1H3/t17-/m0/s1. The number of ether oxygens (including phenoxy) is 1. The molecule has 0 amide bonds. The Morgan fingerprint density at radius 2 is 1.74 bits per heavy atom. The first-order valence-corrected chi connectivity index (χ1v) is 8.27. The topological polar surface area (TPSA) is 19.0 Å². The van der Waals surface area contributed by atoms with Gasteiger partial charge in [-0.25, -0.2) is 0 Å². The fraction of sp³-hybridized carbons (Fsp3) is 0.278. The number of para-hydroxylation sites is 2. The van der Waals surface area contributed by atoms with E-state index in [9.17, 15) is 0 Å². The lowest BCUT2D eigenvalue weighted by Crippen LogP contribution is -2.32. The van der Waals surface area contributed by atoms with E-state index in [0.717, 1.165) is 41.6 Å². The van der Waals surface area contributed by atoms with Gasteiger partial charge in [-0.3, -0.25) is 9.91 Å². The average molecular weight is 325 g/mol. The van der Waals surface area contributed by atoms with Gasteiger partial charge in [-0.2, -0.15) is 5.01 Å². The van der Waals surface area contributed by atoms with Crippen LogP contribution in [0.25, 0.3) is 0 Å². The summed E-state index contributed by atoms with van der Waals surface area (Å²) < 4.78 is 5.61. The van der Waals surface area contributed by atoms with Crippen LogP contribution in [0.1, 0.15) is 18.2 Å². The third-order valence-electron chi connectivity index (χ3n) is 4.47. The lowest BCUT2D eigenvalue weighted by molar-refractivity contribution is 0.0909. The predicted molar refractivity (Wildman–Crippen MR) is 95.3 cm³/mol. The Bertz CT molecular complexity index is 721. The highest BCUT2D eigenvalue weighted by atomic mass is 32.1. The van der Waals surface area contributed by atoms with Crippen LogP contribution in [0.4, 0.5) is 5.69 Å². The van der Waals surface area contributed by atoms with Gasteiger partial charge in [0.15, 0.2) is 5.11 Å². The molecular formula is C18H19N3OS. The molecule has 0 spiro atoms. The molecule has 4 nitrogen and oxygen atoms in total. The molecule has 5 heteroatoms. The largest absolute Gasteiger partial charge is 0.496 e. The Morgan fingerprint density at radius 3 is 2.52 bits per heavy atom. The van der Waals surface area contributed by atoms with Gasteiger partial charge in [0.05, 0.1) is 7.11 Å². The Morgan fingerprint density at radius 1 is 1.00 bits per heavy atom. The number of thiocarbonyl (C=S) groups is 1. The Kier molecular flexibility index (Phi) is 3.67. The third kappa shape index (κ3) is 2.28. The zero-order valence-corrected chi connectivity index (χ0v) is 13.9. The van der Waals surface area contributed by atoms with Gasteiger partial charge >= 0.3 is 0 Å². The third-order valence-corrected chi connectivity index (χ3v) is 4.88. The van der Waals surface area contributed by atoms with Gasteiger partial charge in [-0.15, -0.1) is 0 Å². The molecule has 4 rings (SSSR count). The van der Waals surface area contributed by atoms with E-state index in [0.29, 0.717) is 0 Å². The van der Waals surface area contributed by atoms with Crippen LogP contribution in [-0.4, -0.2) is 35.3 Å². The van der Waals surface area contributed by atoms with Crippen molar-refractivity contribution >= 4 is 23.0 Å². The molecular weight excluding hydrogens is 306 g/mol. The highest BCUT2D eigenvalue weighted by Gasteiger charge is 2.46. The van der Waals surface area contributed by atoms with E-state index < -0.39 is 0 Å². The smallest absolute Gasteiger partial charge is 0.192 e. The minimum atomic E-state index is 0.0450. The summed E-state index contributed by atoms with van der Waals surface area (Å²) in [7, 11) is 1.72. The first-order chi connectivity index (χ1) is 11.3. The highest BCUT2D eigenvalue weighted by molar-refractivity contribution is 7.80. The molecule has 23 heavy (non-hydrogen) atoms. The zero-order valence-electron chi connectivity index (χ0n) is 13.1. The summed E-state index contributed by atoms with van der Waals surface area (Å²) in [5, 5.41) is 5.44. The first-order valence-electron chi connectivity index (χ1n) is 7.86. The van der Waals surface area contributed by atoms with Crippen molar-refractivity contribution in [2.75, 3.05) is 25.1 Å². The number of hydrogen-bond acceptors (Lipinski definition) is 3. The van der Waals surface area contributed by atoms with Crippen molar-refractivity contribution < 1.29 is 4.74 Å². The van der Waals surface area contributed by atoms with Gasteiger partial charge in [-0.1, -0.05) is 36.4 Å². The monoisotopic (exact) mass is 325 g/mol. The molecule has 0 bridgehead atoms. The molecule has 118 valence electrons. The number of hydrogen-bond donors (Lipinski definition) is 0. The van der Waals surface area contributed by atoms with Crippen molar-refractivity contribution in [3.63, 3.8) is 0 Å². The molecule has 0 N–H and O–H groups in total. The minimum absolute atomic E-state index is 0.0450. The molecule has 2 aliphatic rings. The first kappa shape index (κ1) is 14.5.